The molecule has 1 fully saturated rings. The maximum absolute atomic E-state index is 5.93. The van der Waals surface area contributed by atoms with Crippen LogP contribution in [0.1, 0.15) is 18.7 Å². The van der Waals surface area contributed by atoms with Gasteiger partial charge in [0.1, 0.15) is 5.82 Å². The van der Waals surface area contributed by atoms with Gasteiger partial charge in [-0.3, -0.25) is 4.90 Å². The highest BCUT2D eigenvalue weighted by Gasteiger charge is 2.31. The molecule has 1 saturated heterocycles. The average molecular weight is 236 g/mol. The molecule has 2 aliphatic heterocycles. The van der Waals surface area contributed by atoms with Crippen molar-refractivity contribution in [1.29, 1.82) is 0 Å². The smallest absolute Gasteiger partial charge is 0.122 e. The Morgan fingerprint density at radius 3 is 3.24 bits per heavy atom. The topological polar surface area (TPSA) is 56.3 Å². The molecule has 0 saturated carbocycles. The number of nitrogens with zero attached hydrogens (tertiary/aromatic N) is 3. The maximum atomic E-state index is 5.93. The zero-order valence-electron chi connectivity index (χ0n) is 10.1. The molecule has 2 aliphatic rings. The summed E-state index contributed by atoms with van der Waals surface area (Å²) in [4.78, 5) is 6.82. The molecule has 94 valence electrons. The summed E-state index contributed by atoms with van der Waals surface area (Å²) in [5, 5.41) is 0. The zero-order valence-corrected chi connectivity index (χ0v) is 10.1. The number of fused-ring (bicyclic) bond motifs is 1. The van der Waals surface area contributed by atoms with E-state index in [2.05, 4.69) is 20.6 Å². The Bertz CT molecular complexity index is 372. The van der Waals surface area contributed by atoms with E-state index in [1.54, 1.807) is 0 Å². The second-order valence-corrected chi connectivity index (χ2v) is 4.86. The number of imidazole rings is 1. The fraction of sp³-hybridized carbons (Fsp3) is 0.750. The van der Waals surface area contributed by atoms with Crippen LogP contribution < -0.4 is 5.73 Å². The van der Waals surface area contributed by atoms with Crippen LogP contribution >= 0.6 is 0 Å². The third-order valence-electron chi connectivity index (χ3n) is 3.88. The number of ether oxygens (including phenoxy) is 1. The van der Waals surface area contributed by atoms with Crippen molar-refractivity contribution in [1.82, 2.24) is 14.5 Å². The first-order valence-corrected chi connectivity index (χ1v) is 6.44. The zero-order chi connectivity index (χ0) is 11.7. The van der Waals surface area contributed by atoms with Gasteiger partial charge < -0.3 is 15.0 Å². The van der Waals surface area contributed by atoms with E-state index >= 15 is 0 Å². The molecule has 3 heterocycles. The first-order chi connectivity index (χ1) is 8.38. The van der Waals surface area contributed by atoms with Crippen molar-refractivity contribution in [3.05, 3.63) is 18.2 Å². The third-order valence-corrected chi connectivity index (χ3v) is 3.88. The van der Waals surface area contributed by atoms with Crippen LogP contribution in [0.5, 0.6) is 0 Å². The van der Waals surface area contributed by atoms with E-state index in [4.69, 9.17) is 10.5 Å². The normalized spacial score (nSPS) is 27.0. The molecule has 0 aliphatic carbocycles. The number of hydrogen-bond acceptors (Lipinski definition) is 4. The average Bonchev–Trinajstić information content (AvgIpc) is 2.99. The highest BCUT2D eigenvalue weighted by molar-refractivity contribution is 4.98. The Hall–Kier alpha value is -0.910. The summed E-state index contributed by atoms with van der Waals surface area (Å²) in [6, 6.07) is 0.350. The molecule has 0 bridgehead atoms. The van der Waals surface area contributed by atoms with Crippen LogP contribution in [0.2, 0.25) is 0 Å². The summed E-state index contributed by atoms with van der Waals surface area (Å²) in [7, 11) is 0. The van der Waals surface area contributed by atoms with Crippen LogP contribution in [-0.2, 0) is 17.8 Å². The third kappa shape index (κ3) is 2.10. The van der Waals surface area contributed by atoms with Gasteiger partial charge in [0.15, 0.2) is 0 Å². The molecular formula is C12H20N4O. The minimum atomic E-state index is 0.321. The Labute approximate surface area is 102 Å². The molecule has 5 heteroatoms. The Kier molecular flexibility index (Phi) is 3.13. The molecule has 2 N–H and O–H groups in total. The van der Waals surface area contributed by atoms with E-state index in [1.165, 1.54) is 6.42 Å². The fourth-order valence-corrected chi connectivity index (χ4v) is 2.92. The van der Waals surface area contributed by atoms with Crippen LogP contribution in [0.15, 0.2) is 12.4 Å². The van der Waals surface area contributed by atoms with Crippen molar-refractivity contribution < 1.29 is 4.74 Å². The number of nitrogens with two attached hydrogens (primary N) is 1. The van der Waals surface area contributed by atoms with Crippen molar-refractivity contribution in [2.45, 2.75) is 38.1 Å². The van der Waals surface area contributed by atoms with Gasteiger partial charge in [-0.25, -0.2) is 4.98 Å². The standard InChI is InChI=1S/C12H20N4O/c13-8-10(11-2-1-7-17-11)16-6-5-15-4-3-14-12(15)9-16/h3-4,10-11H,1-2,5-9,13H2. The summed E-state index contributed by atoms with van der Waals surface area (Å²) in [6.07, 6.45) is 6.57. The first kappa shape index (κ1) is 11.2. The van der Waals surface area contributed by atoms with Gasteiger partial charge in [-0.15, -0.1) is 0 Å². The van der Waals surface area contributed by atoms with Gasteiger partial charge >= 0.3 is 0 Å². The van der Waals surface area contributed by atoms with Gasteiger partial charge in [0.2, 0.25) is 0 Å². The molecule has 2 atom stereocenters. The molecule has 0 aromatic carbocycles. The maximum Gasteiger partial charge on any atom is 0.122 e. The van der Waals surface area contributed by atoms with Crippen molar-refractivity contribution in [2.24, 2.45) is 5.73 Å². The monoisotopic (exact) mass is 236 g/mol. The Balaban J connectivity index is 1.71. The predicted molar refractivity (Wildman–Crippen MR) is 64.5 cm³/mol. The van der Waals surface area contributed by atoms with Gasteiger partial charge in [0.05, 0.1) is 12.6 Å². The first-order valence-electron chi connectivity index (χ1n) is 6.44. The number of rotatable bonds is 3. The lowest BCUT2D eigenvalue weighted by Crippen LogP contribution is -2.50. The summed E-state index contributed by atoms with van der Waals surface area (Å²) in [5.41, 5.74) is 5.93. The van der Waals surface area contributed by atoms with Crippen LogP contribution in [0.3, 0.4) is 0 Å². The molecule has 5 nitrogen and oxygen atoms in total. The molecule has 17 heavy (non-hydrogen) atoms. The minimum absolute atomic E-state index is 0.321. The lowest BCUT2D eigenvalue weighted by atomic mass is 10.1. The molecule has 0 radical (unpaired) electrons. The van der Waals surface area contributed by atoms with Crippen molar-refractivity contribution >= 4 is 0 Å². The van der Waals surface area contributed by atoms with Crippen molar-refractivity contribution in [2.75, 3.05) is 19.7 Å². The van der Waals surface area contributed by atoms with Gasteiger partial charge in [-0.05, 0) is 12.8 Å². The lowest BCUT2D eigenvalue weighted by molar-refractivity contribution is 0.0156. The summed E-state index contributed by atoms with van der Waals surface area (Å²) < 4.78 is 8.00. The van der Waals surface area contributed by atoms with Crippen LogP contribution in [-0.4, -0.2) is 46.3 Å². The fourth-order valence-electron chi connectivity index (χ4n) is 2.92. The Morgan fingerprint density at radius 2 is 2.47 bits per heavy atom. The van der Waals surface area contributed by atoms with Gasteiger partial charge in [-0.1, -0.05) is 0 Å². The summed E-state index contributed by atoms with van der Waals surface area (Å²) in [6.45, 7) is 4.52. The lowest BCUT2D eigenvalue weighted by Gasteiger charge is -2.36. The Morgan fingerprint density at radius 1 is 1.53 bits per heavy atom. The van der Waals surface area contributed by atoms with Gasteiger partial charge in [0, 0.05) is 44.7 Å². The molecule has 2 unspecified atom stereocenters. The van der Waals surface area contributed by atoms with Crippen LogP contribution in [0, 0.1) is 0 Å². The second kappa shape index (κ2) is 4.76. The molecule has 1 aromatic heterocycles. The van der Waals surface area contributed by atoms with Crippen LogP contribution in [0.25, 0.3) is 0 Å². The van der Waals surface area contributed by atoms with E-state index in [0.29, 0.717) is 18.7 Å². The highest BCUT2D eigenvalue weighted by Crippen LogP contribution is 2.22. The van der Waals surface area contributed by atoms with E-state index in [9.17, 15) is 0 Å². The minimum Gasteiger partial charge on any atom is -0.377 e. The predicted octanol–water partition coefficient (Wildman–Crippen LogP) is 0.205. The molecular weight excluding hydrogens is 216 g/mol. The SMILES string of the molecule is NCC(C1CCCO1)N1CCn2ccnc2C1. The quantitative estimate of drug-likeness (QED) is 0.815. The number of aromatic nitrogens is 2. The van der Waals surface area contributed by atoms with E-state index in [0.717, 1.165) is 38.5 Å². The molecule has 1 aromatic rings. The summed E-state index contributed by atoms with van der Waals surface area (Å²) >= 11 is 0. The van der Waals surface area contributed by atoms with E-state index in [-0.39, 0.29) is 0 Å². The molecule has 3 rings (SSSR count). The van der Waals surface area contributed by atoms with Crippen LogP contribution in [0.4, 0.5) is 0 Å². The van der Waals surface area contributed by atoms with Gasteiger partial charge in [-0.2, -0.15) is 0 Å². The van der Waals surface area contributed by atoms with Crippen molar-refractivity contribution in [3.63, 3.8) is 0 Å². The second-order valence-electron chi connectivity index (χ2n) is 4.86. The van der Waals surface area contributed by atoms with Crippen molar-refractivity contribution in [3.8, 4) is 0 Å². The largest absolute Gasteiger partial charge is 0.377 e. The number of hydrogen-bond donors (Lipinski definition) is 1. The summed E-state index contributed by atoms with van der Waals surface area (Å²) in [5.74, 6) is 1.15. The molecule has 0 spiro atoms. The van der Waals surface area contributed by atoms with E-state index in [1.807, 2.05) is 6.20 Å². The highest BCUT2D eigenvalue weighted by atomic mass is 16.5. The van der Waals surface area contributed by atoms with E-state index < -0.39 is 0 Å². The van der Waals surface area contributed by atoms with Gasteiger partial charge in [0.25, 0.3) is 0 Å². The molecule has 0 amide bonds.